The summed E-state index contributed by atoms with van der Waals surface area (Å²) in [6.45, 7) is 7.59. The van der Waals surface area contributed by atoms with Crippen LogP contribution in [0.2, 0.25) is 0 Å². The van der Waals surface area contributed by atoms with Crippen LogP contribution in [0.15, 0.2) is 30.3 Å². The van der Waals surface area contributed by atoms with E-state index in [1.54, 1.807) is 0 Å². The van der Waals surface area contributed by atoms with Crippen LogP contribution in [-0.2, 0) is 4.74 Å². The van der Waals surface area contributed by atoms with Gasteiger partial charge in [0.05, 0.1) is 18.9 Å². The normalized spacial score (nSPS) is 21.0. The van der Waals surface area contributed by atoms with Crippen LogP contribution in [0.25, 0.3) is 11.3 Å². The zero-order chi connectivity index (χ0) is 19.3. The molecule has 2 aliphatic rings. The number of likely N-dealkylation sites (tertiary alicyclic amines) is 1. The third-order valence-electron chi connectivity index (χ3n) is 5.93. The van der Waals surface area contributed by atoms with Gasteiger partial charge in [-0.2, -0.15) is 5.10 Å². The molecule has 6 nitrogen and oxygen atoms in total. The number of rotatable bonds is 5. The van der Waals surface area contributed by atoms with Crippen molar-refractivity contribution in [1.82, 2.24) is 20.0 Å². The van der Waals surface area contributed by atoms with Gasteiger partial charge >= 0.3 is 0 Å². The molecule has 2 aromatic rings. The van der Waals surface area contributed by atoms with Gasteiger partial charge in [-0.3, -0.25) is 14.8 Å². The number of aryl methyl sites for hydroxylation is 1. The fourth-order valence-corrected chi connectivity index (χ4v) is 4.18. The van der Waals surface area contributed by atoms with Crippen molar-refractivity contribution in [2.75, 3.05) is 39.4 Å². The Labute approximate surface area is 166 Å². The highest BCUT2D eigenvalue weighted by Crippen LogP contribution is 2.24. The highest BCUT2D eigenvalue weighted by atomic mass is 16.5. The Balaban J connectivity index is 1.42. The van der Waals surface area contributed by atoms with Crippen LogP contribution >= 0.6 is 0 Å². The first-order chi connectivity index (χ1) is 13.7. The smallest absolute Gasteiger partial charge is 0.272 e. The van der Waals surface area contributed by atoms with Gasteiger partial charge in [-0.05, 0) is 38.7 Å². The zero-order valence-corrected chi connectivity index (χ0v) is 16.7. The number of carbonyl (C=O) groups excluding carboxylic acids is 1. The summed E-state index contributed by atoms with van der Waals surface area (Å²) in [6, 6.07) is 10.4. The zero-order valence-electron chi connectivity index (χ0n) is 16.7. The largest absolute Gasteiger partial charge is 0.379 e. The second-order valence-electron chi connectivity index (χ2n) is 7.92. The van der Waals surface area contributed by atoms with Gasteiger partial charge in [0, 0.05) is 37.8 Å². The number of morpholine rings is 1. The van der Waals surface area contributed by atoms with Crippen molar-refractivity contribution in [3.05, 3.63) is 41.6 Å². The summed E-state index contributed by atoms with van der Waals surface area (Å²) in [5, 5.41) is 7.36. The molecule has 28 heavy (non-hydrogen) atoms. The standard InChI is InChI=1S/C22H30N4O2/c1-17-5-7-18(8-6-17)20-16-21(24-23-20)22(27)26-10-3-2-4-19(26)9-11-25-12-14-28-15-13-25/h5-8,16,19H,2-4,9-15H2,1H3,(H,23,24)/t19-/m0/s1. The highest BCUT2D eigenvalue weighted by Gasteiger charge is 2.29. The predicted molar refractivity (Wildman–Crippen MR) is 109 cm³/mol. The molecular weight excluding hydrogens is 352 g/mol. The minimum Gasteiger partial charge on any atom is -0.379 e. The summed E-state index contributed by atoms with van der Waals surface area (Å²) in [4.78, 5) is 17.7. The number of nitrogens with zero attached hydrogens (tertiary/aromatic N) is 3. The molecule has 2 saturated heterocycles. The molecule has 0 spiro atoms. The third-order valence-corrected chi connectivity index (χ3v) is 5.93. The Hall–Kier alpha value is -2.18. The Morgan fingerprint density at radius 3 is 2.75 bits per heavy atom. The minimum absolute atomic E-state index is 0.0811. The van der Waals surface area contributed by atoms with Gasteiger partial charge in [-0.25, -0.2) is 0 Å². The number of ether oxygens (including phenoxy) is 1. The van der Waals surface area contributed by atoms with E-state index in [1.807, 2.05) is 18.2 Å². The second kappa shape index (κ2) is 8.88. The molecule has 1 aromatic carbocycles. The molecular formula is C22H30N4O2. The number of amides is 1. The average Bonchev–Trinajstić information content (AvgIpc) is 3.23. The Morgan fingerprint density at radius 2 is 1.96 bits per heavy atom. The summed E-state index contributed by atoms with van der Waals surface area (Å²) < 4.78 is 5.44. The first kappa shape index (κ1) is 19.2. The molecule has 1 atom stereocenters. The lowest BCUT2D eigenvalue weighted by atomic mass is 9.98. The quantitative estimate of drug-likeness (QED) is 0.863. The number of benzene rings is 1. The maximum atomic E-state index is 13.2. The number of piperidine rings is 1. The van der Waals surface area contributed by atoms with Gasteiger partial charge in [-0.1, -0.05) is 29.8 Å². The van der Waals surface area contributed by atoms with E-state index in [2.05, 4.69) is 39.1 Å². The summed E-state index contributed by atoms with van der Waals surface area (Å²) in [6.07, 6.45) is 4.41. The number of carbonyl (C=O) groups is 1. The van der Waals surface area contributed by atoms with Crippen molar-refractivity contribution in [1.29, 1.82) is 0 Å². The van der Waals surface area contributed by atoms with Crippen LogP contribution in [0.4, 0.5) is 0 Å². The molecule has 0 bridgehead atoms. The fraction of sp³-hybridized carbons (Fsp3) is 0.545. The lowest BCUT2D eigenvalue weighted by Gasteiger charge is -2.37. The molecule has 2 aliphatic heterocycles. The molecule has 6 heteroatoms. The summed E-state index contributed by atoms with van der Waals surface area (Å²) in [5.41, 5.74) is 3.66. The predicted octanol–water partition coefficient (Wildman–Crippen LogP) is 3.10. The Kier molecular flexibility index (Phi) is 6.07. The van der Waals surface area contributed by atoms with Gasteiger partial charge in [0.1, 0.15) is 5.69 Å². The maximum Gasteiger partial charge on any atom is 0.272 e. The summed E-state index contributed by atoms with van der Waals surface area (Å²) in [5.74, 6) is 0.0811. The van der Waals surface area contributed by atoms with Crippen molar-refractivity contribution in [3.8, 4) is 11.3 Å². The first-order valence-corrected chi connectivity index (χ1v) is 10.4. The van der Waals surface area contributed by atoms with E-state index in [9.17, 15) is 4.79 Å². The Bertz CT molecular complexity index is 780. The van der Waals surface area contributed by atoms with Gasteiger partial charge < -0.3 is 9.64 Å². The monoisotopic (exact) mass is 382 g/mol. The van der Waals surface area contributed by atoms with Crippen molar-refractivity contribution in [2.45, 2.75) is 38.6 Å². The molecule has 4 rings (SSSR count). The first-order valence-electron chi connectivity index (χ1n) is 10.4. The number of aromatic nitrogens is 2. The molecule has 150 valence electrons. The van der Waals surface area contributed by atoms with E-state index in [0.717, 1.165) is 69.9 Å². The van der Waals surface area contributed by atoms with Gasteiger partial charge in [0.25, 0.3) is 5.91 Å². The number of hydrogen-bond acceptors (Lipinski definition) is 4. The maximum absolute atomic E-state index is 13.2. The molecule has 1 aromatic heterocycles. The van der Waals surface area contributed by atoms with Crippen LogP contribution < -0.4 is 0 Å². The van der Waals surface area contributed by atoms with Gasteiger partial charge in [0.2, 0.25) is 0 Å². The lowest BCUT2D eigenvalue weighted by molar-refractivity contribution is 0.0295. The van der Waals surface area contributed by atoms with E-state index in [0.29, 0.717) is 11.7 Å². The third kappa shape index (κ3) is 4.45. The minimum atomic E-state index is 0.0811. The molecule has 0 aliphatic carbocycles. The number of H-pyrrole nitrogens is 1. The summed E-state index contributed by atoms with van der Waals surface area (Å²) >= 11 is 0. The SMILES string of the molecule is Cc1ccc(-c2cc(C(=O)N3CCCC[C@H]3CCN3CCOCC3)[nH]n2)cc1. The number of aromatic amines is 1. The number of nitrogens with one attached hydrogen (secondary N) is 1. The second-order valence-corrected chi connectivity index (χ2v) is 7.92. The van der Waals surface area contributed by atoms with E-state index >= 15 is 0 Å². The van der Waals surface area contributed by atoms with Crippen molar-refractivity contribution in [2.24, 2.45) is 0 Å². The van der Waals surface area contributed by atoms with Crippen molar-refractivity contribution >= 4 is 5.91 Å². The van der Waals surface area contributed by atoms with E-state index in [1.165, 1.54) is 12.0 Å². The van der Waals surface area contributed by atoms with Gasteiger partial charge in [-0.15, -0.1) is 0 Å². The number of hydrogen-bond donors (Lipinski definition) is 1. The molecule has 2 fully saturated rings. The highest BCUT2D eigenvalue weighted by molar-refractivity contribution is 5.93. The van der Waals surface area contributed by atoms with Crippen LogP contribution in [0.3, 0.4) is 0 Å². The van der Waals surface area contributed by atoms with Crippen LogP contribution in [0, 0.1) is 6.92 Å². The van der Waals surface area contributed by atoms with E-state index < -0.39 is 0 Å². The summed E-state index contributed by atoms with van der Waals surface area (Å²) in [7, 11) is 0. The van der Waals surface area contributed by atoms with Gasteiger partial charge in [0.15, 0.2) is 0 Å². The van der Waals surface area contributed by atoms with E-state index in [-0.39, 0.29) is 5.91 Å². The molecule has 1 N–H and O–H groups in total. The molecule has 0 unspecified atom stereocenters. The van der Waals surface area contributed by atoms with Crippen LogP contribution in [-0.4, -0.2) is 71.3 Å². The van der Waals surface area contributed by atoms with Crippen LogP contribution in [0.1, 0.15) is 41.7 Å². The fourth-order valence-electron chi connectivity index (χ4n) is 4.18. The van der Waals surface area contributed by atoms with Crippen LogP contribution in [0.5, 0.6) is 0 Å². The average molecular weight is 383 g/mol. The van der Waals surface area contributed by atoms with Crippen molar-refractivity contribution in [3.63, 3.8) is 0 Å². The van der Waals surface area contributed by atoms with E-state index in [4.69, 9.17) is 4.74 Å². The van der Waals surface area contributed by atoms with Crippen molar-refractivity contribution < 1.29 is 9.53 Å². The molecule has 0 radical (unpaired) electrons. The molecule has 1 amide bonds. The lowest BCUT2D eigenvalue weighted by Crippen LogP contribution is -2.46. The molecule has 0 saturated carbocycles. The Morgan fingerprint density at radius 1 is 1.18 bits per heavy atom. The molecule has 3 heterocycles. The topological polar surface area (TPSA) is 61.5 Å².